The summed E-state index contributed by atoms with van der Waals surface area (Å²) in [5, 5.41) is 11.3. The van der Waals surface area contributed by atoms with Crippen molar-refractivity contribution in [1.29, 1.82) is 0 Å². The van der Waals surface area contributed by atoms with E-state index in [9.17, 15) is 4.79 Å². The van der Waals surface area contributed by atoms with Crippen molar-refractivity contribution in [3.05, 3.63) is 41.7 Å². The van der Waals surface area contributed by atoms with E-state index in [-0.39, 0.29) is 11.4 Å². The Hall–Kier alpha value is -2.54. The molecule has 1 amide bonds. The second-order valence-corrected chi connectivity index (χ2v) is 8.28. The number of hydrogen-bond donors (Lipinski definition) is 2. The molecule has 2 fully saturated rings. The third-order valence-electron chi connectivity index (χ3n) is 6.39. The molecule has 3 aliphatic rings. The molecule has 3 heterocycles. The van der Waals surface area contributed by atoms with E-state index < -0.39 is 0 Å². The van der Waals surface area contributed by atoms with Crippen molar-refractivity contribution in [3.63, 3.8) is 0 Å². The Bertz CT molecular complexity index is 882. The molecule has 154 valence electrons. The highest BCUT2D eigenvalue weighted by Gasteiger charge is 2.38. The Morgan fingerprint density at radius 3 is 2.76 bits per heavy atom. The summed E-state index contributed by atoms with van der Waals surface area (Å²) in [6.45, 7) is 3.10. The molecule has 29 heavy (non-hydrogen) atoms. The van der Waals surface area contributed by atoms with E-state index in [0.29, 0.717) is 24.9 Å². The molecule has 7 nitrogen and oxygen atoms in total. The Kier molecular flexibility index (Phi) is 4.91. The SMILES string of the molecule is O=C(NC1(c2ccc3c(c2)OCCO3)CCCC1)c1ccn(C2CCCNC2)n1. The van der Waals surface area contributed by atoms with E-state index in [0.717, 1.165) is 68.7 Å². The Morgan fingerprint density at radius 2 is 1.97 bits per heavy atom. The number of piperidine rings is 1. The number of fused-ring (bicyclic) bond motifs is 1. The lowest BCUT2D eigenvalue weighted by Gasteiger charge is -2.32. The van der Waals surface area contributed by atoms with Crippen LogP contribution in [0.15, 0.2) is 30.5 Å². The summed E-state index contributed by atoms with van der Waals surface area (Å²) >= 11 is 0. The minimum atomic E-state index is -0.372. The number of amides is 1. The van der Waals surface area contributed by atoms with Gasteiger partial charge in [-0.05, 0) is 56.0 Å². The zero-order valence-corrected chi connectivity index (χ0v) is 16.7. The molecular weight excluding hydrogens is 368 g/mol. The maximum atomic E-state index is 13.1. The first-order valence-electron chi connectivity index (χ1n) is 10.7. The fraction of sp³-hybridized carbons (Fsp3) is 0.545. The number of ether oxygens (including phenoxy) is 2. The summed E-state index contributed by atoms with van der Waals surface area (Å²) in [5.74, 6) is 1.44. The summed E-state index contributed by atoms with van der Waals surface area (Å²) in [4.78, 5) is 13.1. The van der Waals surface area contributed by atoms with E-state index in [1.807, 2.05) is 29.1 Å². The van der Waals surface area contributed by atoms with Crippen LogP contribution in [0.2, 0.25) is 0 Å². The highest BCUT2D eigenvalue weighted by molar-refractivity contribution is 5.92. The molecule has 2 aromatic rings. The number of aromatic nitrogens is 2. The highest BCUT2D eigenvalue weighted by Crippen LogP contribution is 2.42. The van der Waals surface area contributed by atoms with Crippen LogP contribution in [0.25, 0.3) is 0 Å². The van der Waals surface area contributed by atoms with Gasteiger partial charge in [0.1, 0.15) is 18.9 Å². The standard InChI is InChI=1S/C22H28N4O3/c27-21(18-7-11-26(25-18)17-4-3-10-23-15-17)24-22(8-1-2-9-22)16-5-6-19-20(14-16)29-13-12-28-19/h5-7,11,14,17,23H,1-4,8-10,12-13,15H2,(H,24,27). The number of hydrogen-bond acceptors (Lipinski definition) is 5. The van der Waals surface area contributed by atoms with Crippen LogP contribution in [-0.4, -0.2) is 42.0 Å². The first kappa shape index (κ1) is 18.5. The van der Waals surface area contributed by atoms with Crippen molar-refractivity contribution in [1.82, 2.24) is 20.4 Å². The summed E-state index contributed by atoms with van der Waals surface area (Å²) in [6.07, 6.45) is 8.19. The summed E-state index contributed by atoms with van der Waals surface area (Å²) < 4.78 is 13.4. The Balaban J connectivity index is 1.37. The van der Waals surface area contributed by atoms with E-state index in [1.165, 1.54) is 0 Å². The summed E-state index contributed by atoms with van der Waals surface area (Å²) in [5.41, 5.74) is 1.20. The van der Waals surface area contributed by atoms with Gasteiger partial charge in [0.05, 0.1) is 11.6 Å². The van der Waals surface area contributed by atoms with Crippen LogP contribution in [0.1, 0.15) is 60.6 Å². The minimum Gasteiger partial charge on any atom is -0.486 e. The molecule has 1 saturated carbocycles. The maximum Gasteiger partial charge on any atom is 0.272 e. The highest BCUT2D eigenvalue weighted by atomic mass is 16.6. The number of rotatable bonds is 4. The number of nitrogens with zero attached hydrogens (tertiary/aromatic N) is 2. The van der Waals surface area contributed by atoms with Crippen molar-refractivity contribution in [2.24, 2.45) is 0 Å². The van der Waals surface area contributed by atoms with Gasteiger partial charge in [-0.1, -0.05) is 18.9 Å². The summed E-state index contributed by atoms with van der Waals surface area (Å²) in [7, 11) is 0. The molecule has 1 saturated heterocycles. The van der Waals surface area contributed by atoms with Gasteiger partial charge in [0.2, 0.25) is 0 Å². The molecule has 7 heteroatoms. The van der Waals surface area contributed by atoms with Crippen LogP contribution in [0.5, 0.6) is 11.5 Å². The quantitative estimate of drug-likeness (QED) is 0.831. The average Bonchev–Trinajstić information content (AvgIpc) is 3.45. The number of carbonyl (C=O) groups is 1. The van der Waals surface area contributed by atoms with Crippen molar-refractivity contribution >= 4 is 5.91 Å². The Labute approximate surface area is 170 Å². The van der Waals surface area contributed by atoms with Gasteiger partial charge >= 0.3 is 0 Å². The largest absolute Gasteiger partial charge is 0.486 e. The number of carbonyl (C=O) groups excluding carboxylic acids is 1. The lowest BCUT2D eigenvalue weighted by Crippen LogP contribution is -2.44. The molecule has 1 unspecified atom stereocenters. The van der Waals surface area contributed by atoms with Gasteiger partial charge in [0.25, 0.3) is 5.91 Å². The van der Waals surface area contributed by atoms with Crippen LogP contribution < -0.4 is 20.1 Å². The fourth-order valence-electron chi connectivity index (χ4n) is 4.81. The van der Waals surface area contributed by atoms with Gasteiger partial charge in [-0.3, -0.25) is 9.48 Å². The lowest BCUT2D eigenvalue weighted by molar-refractivity contribution is 0.0891. The number of nitrogens with one attached hydrogen (secondary N) is 2. The minimum absolute atomic E-state index is 0.107. The molecule has 1 aromatic carbocycles. The van der Waals surface area contributed by atoms with E-state index >= 15 is 0 Å². The molecular formula is C22H28N4O3. The molecule has 2 N–H and O–H groups in total. The smallest absolute Gasteiger partial charge is 0.272 e. The monoisotopic (exact) mass is 396 g/mol. The van der Waals surface area contributed by atoms with Crippen molar-refractivity contribution in [3.8, 4) is 11.5 Å². The van der Waals surface area contributed by atoms with Crippen LogP contribution >= 0.6 is 0 Å². The van der Waals surface area contributed by atoms with Crippen LogP contribution in [0, 0.1) is 0 Å². The normalized spacial score (nSPS) is 23.0. The third kappa shape index (κ3) is 3.59. The topological polar surface area (TPSA) is 77.4 Å². The fourth-order valence-corrected chi connectivity index (χ4v) is 4.81. The van der Waals surface area contributed by atoms with Gasteiger partial charge in [-0.2, -0.15) is 5.10 Å². The number of benzene rings is 1. The molecule has 0 spiro atoms. The van der Waals surface area contributed by atoms with Gasteiger partial charge in [-0.25, -0.2) is 0 Å². The third-order valence-corrected chi connectivity index (χ3v) is 6.39. The molecule has 1 aliphatic carbocycles. The van der Waals surface area contributed by atoms with Gasteiger partial charge < -0.3 is 20.1 Å². The van der Waals surface area contributed by atoms with Crippen molar-refractivity contribution < 1.29 is 14.3 Å². The molecule has 1 aromatic heterocycles. The molecule has 2 aliphatic heterocycles. The first-order valence-corrected chi connectivity index (χ1v) is 10.7. The maximum absolute atomic E-state index is 13.1. The molecule has 0 bridgehead atoms. The zero-order valence-electron chi connectivity index (χ0n) is 16.7. The second-order valence-electron chi connectivity index (χ2n) is 8.28. The van der Waals surface area contributed by atoms with Gasteiger partial charge in [0, 0.05) is 12.7 Å². The second kappa shape index (κ2) is 7.71. The van der Waals surface area contributed by atoms with E-state index in [2.05, 4.69) is 21.8 Å². The van der Waals surface area contributed by atoms with Gasteiger partial charge in [-0.15, -0.1) is 0 Å². The summed E-state index contributed by atoms with van der Waals surface area (Å²) in [6, 6.07) is 8.21. The molecule has 1 atom stereocenters. The van der Waals surface area contributed by atoms with Gasteiger partial charge in [0.15, 0.2) is 11.5 Å². The zero-order chi connectivity index (χ0) is 19.7. The molecule has 0 radical (unpaired) electrons. The van der Waals surface area contributed by atoms with E-state index in [1.54, 1.807) is 0 Å². The van der Waals surface area contributed by atoms with Crippen molar-refractivity contribution in [2.75, 3.05) is 26.3 Å². The molecule has 5 rings (SSSR count). The van der Waals surface area contributed by atoms with Crippen LogP contribution in [0.3, 0.4) is 0 Å². The van der Waals surface area contributed by atoms with Crippen LogP contribution in [-0.2, 0) is 5.54 Å². The lowest BCUT2D eigenvalue weighted by atomic mass is 9.87. The predicted octanol–water partition coefficient (Wildman–Crippen LogP) is 2.78. The van der Waals surface area contributed by atoms with Crippen LogP contribution in [0.4, 0.5) is 0 Å². The van der Waals surface area contributed by atoms with Crippen molar-refractivity contribution in [2.45, 2.75) is 50.1 Å². The predicted molar refractivity (Wildman–Crippen MR) is 108 cm³/mol. The Morgan fingerprint density at radius 1 is 1.14 bits per heavy atom. The van der Waals surface area contributed by atoms with E-state index in [4.69, 9.17) is 9.47 Å². The first-order chi connectivity index (χ1) is 14.2. The average molecular weight is 396 g/mol.